The van der Waals surface area contributed by atoms with Crippen molar-refractivity contribution < 1.29 is 19.6 Å². The number of nitro groups is 1. The van der Waals surface area contributed by atoms with Gasteiger partial charge in [0.05, 0.1) is 8.71 Å². The molecule has 1 fully saturated rings. The predicted molar refractivity (Wildman–Crippen MR) is 78.8 cm³/mol. The summed E-state index contributed by atoms with van der Waals surface area (Å²) in [6.45, 7) is 0.633. The Kier molecular flexibility index (Phi) is 4.78. The smallest absolute Gasteiger partial charge is 0.407 e. The molecule has 1 aromatic heterocycles. The van der Waals surface area contributed by atoms with Crippen LogP contribution in [0.15, 0.2) is 9.85 Å². The molecule has 0 bridgehead atoms. The number of rotatable bonds is 3. The Hall–Kier alpha value is -1.68. The lowest BCUT2D eigenvalue weighted by Crippen LogP contribution is -2.49. The largest absolute Gasteiger partial charge is 0.465 e. The Labute approximate surface area is 132 Å². The van der Waals surface area contributed by atoms with E-state index in [4.69, 9.17) is 5.11 Å². The molecule has 0 spiro atoms. The average Bonchev–Trinajstić information content (AvgIpc) is 2.81. The van der Waals surface area contributed by atoms with Gasteiger partial charge in [0.1, 0.15) is 0 Å². The summed E-state index contributed by atoms with van der Waals surface area (Å²) in [7, 11) is 0. The molecule has 2 heterocycles. The third-order valence-electron chi connectivity index (χ3n) is 3.11. The quantitative estimate of drug-likeness (QED) is 0.619. The Bertz CT molecular complexity index is 590. The monoisotopic (exact) mass is 377 g/mol. The van der Waals surface area contributed by atoms with Crippen molar-refractivity contribution in [3.05, 3.63) is 24.8 Å². The Balaban J connectivity index is 2.08. The highest BCUT2D eigenvalue weighted by Crippen LogP contribution is 2.32. The van der Waals surface area contributed by atoms with E-state index < -0.39 is 16.9 Å². The molecule has 114 valence electrons. The third-order valence-corrected chi connectivity index (χ3v) is 4.74. The van der Waals surface area contributed by atoms with E-state index in [1.165, 1.54) is 11.0 Å². The molecule has 2 N–H and O–H groups in total. The number of nitrogens with one attached hydrogen (secondary N) is 1. The van der Waals surface area contributed by atoms with Crippen LogP contribution in [-0.2, 0) is 0 Å². The van der Waals surface area contributed by atoms with Crippen molar-refractivity contribution in [2.45, 2.75) is 18.9 Å². The second-order valence-corrected chi connectivity index (χ2v) is 6.99. The summed E-state index contributed by atoms with van der Waals surface area (Å²) in [6, 6.07) is 0.951. The topological polar surface area (TPSA) is 113 Å². The maximum atomic E-state index is 12.1. The van der Waals surface area contributed by atoms with E-state index in [0.717, 1.165) is 11.3 Å². The van der Waals surface area contributed by atoms with Gasteiger partial charge in [-0.3, -0.25) is 14.9 Å². The summed E-state index contributed by atoms with van der Waals surface area (Å²) in [5.41, 5.74) is -0.254. The van der Waals surface area contributed by atoms with Crippen LogP contribution in [-0.4, -0.2) is 46.1 Å². The standard InChI is InChI=1S/C11H12BrN3O5S/c12-8-4-7(15(19)20)9(21-8)10(16)13-6-2-1-3-14(5-6)11(17)18/h4,6H,1-3,5H2,(H,13,16)(H,17,18). The molecular formula is C11H12BrN3O5S. The van der Waals surface area contributed by atoms with Crippen LogP contribution in [0.1, 0.15) is 22.5 Å². The summed E-state index contributed by atoms with van der Waals surface area (Å²) in [4.78, 5) is 34.6. The van der Waals surface area contributed by atoms with Crippen molar-refractivity contribution >= 4 is 45.0 Å². The molecule has 1 aliphatic heterocycles. The van der Waals surface area contributed by atoms with Crippen LogP contribution in [0.4, 0.5) is 10.5 Å². The minimum absolute atomic E-state index is 0.0133. The van der Waals surface area contributed by atoms with Crippen molar-refractivity contribution in [1.29, 1.82) is 0 Å². The van der Waals surface area contributed by atoms with E-state index in [1.54, 1.807) is 0 Å². The van der Waals surface area contributed by atoms with Crippen LogP contribution in [0.3, 0.4) is 0 Å². The predicted octanol–water partition coefficient (Wildman–Crippen LogP) is 2.29. The fourth-order valence-electron chi connectivity index (χ4n) is 2.17. The number of carboxylic acid groups (broad SMARTS) is 1. The van der Waals surface area contributed by atoms with Crippen LogP contribution in [0.2, 0.25) is 0 Å². The Morgan fingerprint density at radius 3 is 2.90 bits per heavy atom. The number of halogens is 1. The minimum Gasteiger partial charge on any atom is -0.465 e. The minimum atomic E-state index is -1.03. The number of carbonyl (C=O) groups excluding carboxylic acids is 1. The maximum absolute atomic E-state index is 12.1. The van der Waals surface area contributed by atoms with E-state index in [0.29, 0.717) is 23.2 Å². The van der Waals surface area contributed by atoms with Crippen LogP contribution in [0.25, 0.3) is 0 Å². The zero-order valence-corrected chi connectivity index (χ0v) is 13.1. The second kappa shape index (κ2) is 6.39. The number of hydrogen-bond acceptors (Lipinski definition) is 5. The van der Waals surface area contributed by atoms with Crippen LogP contribution < -0.4 is 5.32 Å². The molecule has 0 aliphatic carbocycles. The number of thiophene rings is 1. The van der Waals surface area contributed by atoms with Gasteiger partial charge in [0, 0.05) is 25.2 Å². The van der Waals surface area contributed by atoms with Crippen LogP contribution in [0, 0.1) is 10.1 Å². The first-order valence-corrected chi connectivity index (χ1v) is 7.72. The van der Waals surface area contributed by atoms with Crippen molar-refractivity contribution in [3.63, 3.8) is 0 Å². The molecule has 2 rings (SSSR count). The van der Waals surface area contributed by atoms with Gasteiger partial charge in [0.2, 0.25) is 0 Å². The molecule has 1 aliphatic rings. The van der Waals surface area contributed by atoms with Crippen molar-refractivity contribution in [2.24, 2.45) is 0 Å². The number of amides is 2. The van der Waals surface area contributed by atoms with Gasteiger partial charge in [-0.15, -0.1) is 11.3 Å². The van der Waals surface area contributed by atoms with Crippen molar-refractivity contribution in [2.75, 3.05) is 13.1 Å². The van der Waals surface area contributed by atoms with E-state index in [2.05, 4.69) is 21.2 Å². The lowest BCUT2D eigenvalue weighted by molar-refractivity contribution is -0.384. The molecule has 2 amide bonds. The van der Waals surface area contributed by atoms with Crippen LogP contribution in [0.5, 0.6) is 0 Å². The molecule has 10 heteroatoms. The molecule has 1 atom stereocenters. The highest BCUT2D eigenvalue weighted by Gasteiger charge is 2.29. The maximum Gasteiger partial charge on any atom is 0.407 e. The number of likely N-dealkylation sites (tertiary alicyclic amines) is 1. The lowest BCUT2D eigenvalue weighted by Gasteiger charge is -2.30. The normalized spacial score (nSPS) is 18.3. The molecular weight excluding hydrogens is 366 g/mol. The molecule has 8 nitrogen and oxygen atoms in total. The molecule has 0 aromatic carbocycles. The van der Waals surface area contributed by atoms with Gasteiger partial charge in [-0.1, -0.05) is 0 Å². The van der Waals surface area contributed by atoms with Gasteiger partial charge >= 0.3 is 6.09 Å². The first kappa shape index (κ1) is 15.7. The number of nitrogens with zero attached hydrogens (tertiary/aromatic N) is 2. The van der Waals surface area contributed by atoms with Crippen LogP contribution >= 0.6 is 27.3 Å². The molecule has 1 saturated heterocycles. The fraction of sp³-hybridized carbons (Fsp3) is 0.455. The lowest BCUT2D eigenvalue weighted by atomic mass is 10.1. The highest BCUT2D eigenvalue weighted by molar-refractivity contribution is 9.11. The zero-order chi connectivity index (χ0) is 15.6. The van der Waals surface area contributed by atoms with Crippen molar-refractivity contribution in [1.82, 2.24) is 10.2 Å². The Morgan fingerprint density at radius 2 is 2.29 bits per heavy atom. The molecule has 21 heavy (non-hydrogen) atoms. The molecule has 1 aromatic rings. The van der Waals surface area contributed by atoms with E-state index >= 15 is 0 Å². The van der Waals surface area contributed by atoms with Gasteiger partial charge < -0.3 is 15.3 Å². The van der Waals surface area contributed by atoms with E-state index in [1.807, 2.05) is 0 Å². The Morgan fingerprint density at radius 1 is 1.57 bits per heavy atom. The molecule has 0 saturated carbocycles. The fourth-order valence-corrected chi connectivity index (χ4v) is 3.63. The average molecular weight is 378 g/mol. The first-order valence-electron chi connectivity index (χ1n) is 6.11. The van der Waals surface area contributed by atoms with Crippen molar-refractivity contribution in [3.8, 4) is 0 Å². The zero-order valence-electron chi connectivity index (χ0n) is 10.7. The number of hydrogen-bond donors (Lipinski definition) is 2. The van der Waals surface area contributed by atoms with Gasteiger partial charge in [-0.2, -0.15) is 0 Å². The number of piperidine rings is 1. The second-order valence-electron chi connectivity index (χ2n) is 4.56. The number of carbonyl (C=O) groups is 2. The van der Waals surface area contributed by atoms with E-state index in [-0.39, 0.29) is 23.2 Å². The summed E-state index contributed by atoms with van der Waals surface area (Å²) in [5.74, 6) is -0.547. The van der Waals surface area contributed by atoms with Gasteiger partial charge in [0.15, 0.2) is 4.88 Å². The molecule has 0 radical (unpaired) electrons. The molecule has 1 unspecified atom stereocenters. The summed E-state index contributed by atoms with van der Waals surface area (Å²) in [6.07, 6.45) is 0.266. The summed E-state index contributed by atoms with van der Waals surface area (Å²) in [5, 5.41) is 22.5. The third kappa shape index (κ3) is 3.70. The van der Waals surface area contributed by atoms with E-state index in [9.17, 15) is 19.7 Å². The highest BCUT2D eigenvalue weighted by atomic mass is 79.9. The SMILES string of the molecule is O=C(NC1CCCN(C(=O)O)C1)c1sc(Br)cc1[N+](=O)[O-]. The van der Waals surface area contributed by atoms with Gasteiger partial charge in [-0.25, -0.2) is 4.79 Å². The first-order chi connectivity index (χ1) is 9.88. The van der Waals surface area contributed by atoms with Gasteiger partial charge in [0.25, 0.3) is 11.6 Å². The summed E-state index contributed by atoms with van der Waals surface area (Å²) < 4.78 is 0.496. The summed E-state index contributed by atoms with van der Waals surface area (Å²) >= 11 is 4.10. The van der Waals surface area contributed by atoms with Gasteiger partial charge in [-0.05, 0) is 28.8 Å².